The Bertz CT molecular complexity index is 52.1. The minimum atomic E-state index is 0. The first-order valence-corrected chi connectivity index (χ1v) is 4.32. The summed E-state index contributed by atoms with van der Waals surface area (Å²) in [6.07, 6.45) is 7.61. The van der Waals surface area contributed by atoms with Gasteiger partial charge in [-0.25, -0.2) is 0 Å². The minimum absolute atomic E-state index is 0. The fourth-order valence-electron chi connectivity index (χ4n) is 0.996. The summed E-state index contributed by atoms with van der Waals surface area (Å²) < 4.78 is 0. The number of hydrogen-bond donors (Lipinski definition) is 2. The second kappa shape index (κ2) is 12.8. The molecule has 0 aromatic heterocycles. The van der Waals surface area contributed by atoms with Gasteiger partial charge in [-0.1, -0.05) is 25.7 Å². The van der Waals surface area contributed by atoms with E-state index in [9.17, 15) is 0 Å². The zero-order valence-electron chi connectivity index (χ0n) is 7.22. The monoisotopic (exact) mass is 180 g/mol. The van der Waals surface area contributed by atoms with Crippen molar-refractivity contribution < 1.29 is 0 Å². The maximum absolute atomic E-state index is 5.35. The Kier molecular flexibility index (Phi) is 16.1. The zero-order chi connectivity index (χ0) is 7.66. The van der Waals surface area contributed by atoms with Crippen molar-refractivity contribution in [2.24, 2.45) is 11.5 Å². The lowest BCUT2D eigenvalue weighted by molar-refractivity contribution is 0.601. The first-order chi connectivity index (χ1) is 4.91. The average Bonchev–Trinajstić information content (AvgIpc) is 1.97. The summed E-state index contributed by atoms with van der Waals surface area (Å²) in [4.78, 5) is 0. The van der Waals surface area contributed by atoms with E-state index in [-0.39, 0.29) is 12.4 Å². The van der Waals surface area contributed by atoms with Gasteiger partial charge >= 0.3 is 0 Å². The fraction of sp³-hybridized carbons (Fsp3) is 1.00. The number of hydrogen-bond acceptors (Lipinski definition) is 2. The van der Waals surface area contributed by atoms with Crippen molar-refractivity contribution in [3.05, 3.63) is 0 Å². The lowest BCUT2D eigenvalue weighted by Gasteiger charge is -1.97. The molecule has 0 rings (SSSR count). The van der Waals surface area contributed by atoms with Crippen molar-refractivity contribution in [3.63, 3.8) is 0 Å². The highest BCUT2D eigenvalue weighted by molar-refractivity contribution is 5.85. The summed E-state index contributed by atoms with van der Waals surface area (Å²) in [5.74, 6) is 0. The molecule has 0 aromatic rings. The van der Waals surface area contributed by atoms with Crippen molar-refractivity contribution in [3.8, 4) is 0 Å². The molecule has 0 unspecified atom stereocenters. The van der Waals surface area contributed by atoms with Crippen LogP contribution in [0.15, 0.2) is 0 Å². The van der Waals surface area contributed by atoms with Gasteiger partial charge in [0, 0.05) is 0 Å². The van der Waals surface area contributed by atoms with Crippen LogP contribution >= 0.6 is 12.4 Å². The van der Waals surface area contributed by atoms with Crippen LogP contribution in [0, 0.1) is 0 Å². The van der Waals surface area contributed by atoms with Crippen LogP contribution < -0.4 is 11.5 Å². The van der Waals surface area contributed by atoms with Gasteiger partial charge in [0.1, 0.15) is 0 Å². The largest absolute Gasteiger partial charge is 0.330 e. The molecule has 0 aliphatic heterocycles. The lowest BCUT2D eigenvalue weighted by Crippen LogP contribution is -1.99. The van der Waals surface area contributed by atoms with E-state index >= 15 is 0 Å². The molecule has 3 heteroatoms. The third kappa shape index (κ3) is 13.2. The van der Waals surface area contributed by atoms with Crippen LogP contribution in [0.1, 0.15) is 38.5 Å². The standard InChI is InChI=1S/C8H20N2.ClH/c9-7-5-3-1-2-4-6-8-10;/h1-10H2;1H. The van der Waals surface area contributed by atoms with Crippen LogP contribution in [-0.4, -0.2) is 13.1 Å². The van der Waals surface area contributed by atoms with E-state index in [0.717, 1.165) is 13.1 Å². The molecule has 0 saturated carbocycles. The Morgan fingerprint density at radius 1 is 0.545 bits per heavy atom. The Labute approximate surface area is 76.1 Å². The van der Waals surface area contributed by atoms with Gasteiger partial charge in [0.2, 0.25) is 0 Å². The Balaban J connectivity index is 0. The van der Waals surface area contributed by atoms with Gasteiger partial charge in [-0.2, -0.15) is 0 Å². The SMILES string of the molecule is Cl.NCCCCCCCCN. The first-order valence-electron chi connectivity index (χ1n) is 4.32. The molecular formula is C8H21ClN2. The quantitative estimate of drug-likeness (QED) is 0.586. The Morgan fingerprint density at radius 3 is 1.09 bits per heavy atom. The van der Waals surface area contributed by atoms with Crippen molar-refractivity contribution in [1.29, 1.82) is 0 Å². The van der Waals surface area contributed by atoms with Crippen molar-refractivity contribution in [1.82, 2.24) is 0 Å². The van der Waals surface area contributed by atoms with E-state index in [2.05, 4.69) is 0 Å². The third-order valence-corrected chi connectivity index (χ3v) is 1.66. The molecule has 4 N–H and O–H groups in total. The van der Waals surface area contributed by atoms with Gasteiger partial charge in [-0.05, 0) is 25.9 Å². The molecule has 0 heterocycles. The van der Waals surface area contributed by atoms with Crippen LogP contribution in [0.4, 0.5) is 0 Å². The highest BCUT2D eigenvalue weighted by Crippen LogP contribution is 2.03. The summed E-state index contributed by atoms with van der Waals surface area (Å²) in [7, 11) is 0. The zero-order valence-corrected chi connectivity index (χ0v) is 8.04. The van der Waals surface area contributed by atoms with E-state index in [1.54, 1.807) is 0 Å². The maximum Gasteiger partial charge on any atom is -0.00773 e. The summed E-state index contributed by atoms with van der Waals surface area (Å²) in [6.45, 7) is 1.69. The molecule has 11 heavy (non-hydrogen) atoms. The van der Waals surface area contributed by atoms with Gasteiger partial charge in [-0.3, -0.25) is 0 Å². The average molecular weight is 181 g/mol. The summed E-state index contributed by atoms with van der Waals surface area (Å²) in [5.41, 5.74) is 10.7. The molecule has 0 fully saturated rings. The van der Waals surface area contributed by atoms with Crippen LogP contribution in [0.2, 0.25) is 0 Å². The van der Waals surface area contributed by atoms with Gasteiger partial charge in [0.05, 0.1) is 0 Å². The van der Waals surface area contributed by atoms with E-state index in [1.165, 1.54) is 38.5 Å². The topological polar surface area (TPSA) is 52.0 Å². The molecule has 0 aromatic carbocycles. The van der Waals surface area contributed by atoms with E-state index < -0.39 is 0 Å². The number of halogens is 1. The normalized spacial score (nSPS) is 9.27. The third-order valence-electron chi connectivity index (χ3n) is 1.66. The highest BCUT2D eigenvalue weighted by Gasteiger charge is 1.87. The first kappa shape index (κ1) is 13.8. The van der Waals surface area contributed by atoms with E-state index in [1.807, 2.05) is 0 Å². The molecular weight excluding hydrogens is 160 g/mol. The molecule has 0 atom stereocenters. The molecule has 2 nitrogen and oxygen atoms in total. The second-order valence-electron chi connectivity index (χ2n) is 2.70. The van der Waals surface area contributed by atoms with Crippen molar-refractivity contribution in [2.45, 2.75) is 38.5 Å². The molecule has 0 amide bonds. The van der Waals surface area contributed by atoms with Crippen LogP contribution in [-0.2, 0) is 0 Å². The predicted molar refractivity (Wildman–Crippen MR) is 53.1 cm³/mol. The lowest BCUT2D eigenvalue weighted by atomic mass is 10.1. The minimum Gasteiger partial charge on any atom is -0.330 e. The fourth-order valence-corrected chi connectivity index (χ4v) is 0.996. The molecule has 0 aliphatic carbocycles. The van der Waals surface area contributed by atoms with Crippen LogP contribution in [0.5, 0.6) is 0 Å². The molecule has 70 valence electrons. The Morgan fingerprint density at radius 2 is 0.818 bits per heavy atom. The number of rotatable bonds is 7. The maximum atomic E-state index is 5.35. The predicted octanol–water partition coefficient (Wildman–Crippen LogP) is 1.67. The highest BCUT2D eigenvalue weighted by atomic mass is 35.5. The van der Waals surface area contributed by atoms with Crippen molar-refractivity contribution in [2.75, 3.05) is 13.1 Å². The molecule has 0 spiro atoms. The van der Waals surface area contributed by atoms with E-state index in [0.29, 0.717) is 0 Å². The molecule has 0 aliphatic rings. The molecule has 0 saturated heterocycles. The van der Waals surface area contributed by atoms with Crippen LogP contribution in [0.25, 0.3) is 0 Å². The van der Waals surface area contributed by atoms with Crippen molar-refractivity contribution >= 4 is 12.4 Å². The summed E-state index contributed by atoms with van der Waals surface area (Å²) in [5, 5.41) is 0. The summed E-state index contributed by atoms with van der Waals surface area (Å²) in [6, 6.07) is 0. The van der Waals surface area contributed by atoms with Gasteiger partial charge in [0.25, 0.3) is 0 Å². The Hall–Kier alpha value is 0.210. The molecule has 0 radical (unpaired) electrons. The molecule has 0 bridgehead atoms. The van der Waals surface area contributed by atoms with Gasteiger partial charge in [-0.15, -0.1) is 12.4 Å². The second-order valence-corrected chi connectivity index (χ2v) is 2.70. The summed E-state index contributed by atoms with van der Waals surface area (Å²) >= 11 is 0. The van der Waals surface area contributed by atoms with Crippen LogP contribution in [0.3, 0.4) is 0 Å². The van der Waals surface area contributed by atoms with Gasteiger partial charge < -0.3 is 11.5 Å². The smallest absolute Gasteiger partial charge is 0.00773 e. The van der Waals surface area contributed by atoms with E-state index in [4.69, 9.17) is 11.5 Å². The number of nitrogens with two attached hydrogens (primary N) is 2. The number of unbranched alkanes of at least 4 members (excludes halogenated alkanes) is 5. The van der Waals surface area contributed by atoms with Gasteiger partial charge in [0.15, 0.2) is 0 Å².